The van der Waals surface area contributed by atoms with Crippen LogP contribution in [0.2, 0.25) is 5.02 Å². The Balaban J connectivity index is 1.62. The predicted molar refractivity (Wildman–Crippen MR) is 114 cm³/mol. The second-order valence-corrected chi connectivity index (χ2v) is 8.23. The number of carbonyl (C=O) groups is 2. The third-order valence-electron chi connectivity index (χ3n) is 5.96. The summed E-state index contributed by atoms with van der Waals surface area (Å²) in [4.78, 5) is 28.2. The van der Waals surface area contributed by atoms with E-state index in [1.165, 1.54) is 13.5 Å². The lowest BCUT2D eigenvalue weighted by Gasteiger charge is -2.30. The second-order valence-electron chi connectivity index (χ2n) is 7.82. The van der Waals surface area contributed by atoms with Crippen molar-refractivity contribution in [2.45, 2.75) is 51.6 Å². The fraction of sp³-hybridized carbons (Fsp3) is 0.391. The van der Waals surface area contributed by atoms with Gasteiger partial charge in [0.05, 0.1) is 23.9 Å². The Morgan fingerprint density at radius 1 is 1.21 bits per heavy atom. The van der Waals surface area contributed by atoms with Crippen molar-refractivity contribution >= 4 is 29.1 Å². The van der Waals surface area contributed by atoms with Gasteiger partial charge in [0.25, 0.3) is 11.8 Å². The molecule has 2 aromatic carbocycles. The molecule has 0 unspecified atom stereocenters. The van der Waals surface area contributed by atoms with E-state index in [1.54, 1.807) is 18.2 Å². The SMILES string of the molecule is COc1cc(Cl)c(C)cc1NC(=O)c1cccc2c1C(=O)N(C1CCCCC1)C2. The summed E-state index contributed by atoms with van der Waals surface area (Å²) in [6.07, 6.45) is 5.65. The second kappa shape index (κ2) is 8.07. The number of ether oxygens (including phenoxy) is 1. The van der Waals surface area contributed by atoms with E-state index in [-0.39, 0.29) is 17.9 Å². The molecule has 0 bridgehead atoms. The lowest BCUT2D eigenvalue weighted by Crippen LogP contribution is -2.37. The highest BCUT2D eigenvalue weighted by Crippen LogP contribution is 2.34. The summed E-state index contributed by atoms with van der Waals surface area (Å²) in [5.74, 6) is 0.134. The smallest absolute Gasteiger partial charge is 0.256 e. The summed E-state index contributed by atoms with van der Waals surface area (Å²) >= 11 is 6.16. The molecule has 1 aliphatic carbocycles. The number of anilines is 1. The van der Waals surface area contributed by atoms with E-state index in [9.17, 15) is 9.59 Å². The number of hydrogen-bond donors (Lipinski definition) is 1. The molecule has 5 nitrogen and oxygen atoms in total. The minimum absolute atomic E-state index is 0.0306. The Kier molecular flexibility index (Phi) is 5.50. The molecule has 0 spiro atoms. The zero-order valence-corrected chi connectivity index (χ0v) is 17.5. The maximum atomic E-state index is 13.2. The van der Waals surface area contributed by atoms with Gasteiger partial charge in [-0.05, 0) is 43.0 Å². The summed E-state index contributed by atoms with van der Waals surface area (Å²) in [6, 6.07) is 9.23. The number of benzene rings is 2. The topological polar surface area (TPSA) is 58.6 Å². The Hall–Kier alpha value is -2.53. The molecule has 152 valence electrons. The molecule has 6 heteroatoms. The lowest BCUT2D eigenvalue weighted by atomic mass is 9.94. The number of hydrogen-bond acceptors (Lipinski definition) is 3. The first kappa shape index (κ1) is 19.8. The van der Waals surface area contributed by atoms with Crippen LogP contribution in [-0.2, 0) is 6.54 Å². The minimum Gasteiger partial charge on any atom is -0.495 e. The van der Waals surface area contributed by atoms with Crippen LogP contribution in [0.4, 0.5) is 5.69 Å². The zero-order chi connectivity index (χ0) is 20.5. The highest BCUT2D eigenvalue weighted by molar-refractivity contribution is 6.31. The van der Waals surface area contributed by atoms with Crippen molar-refractivity contribution in [1.82, 2.24) is 4.90 Å². The monoisotopic (exact) mass is 412 g/mol. The minimum atomic E-state index is -0.319. The highest BCUT2D eigenvalue weighted by atomic mass is 35.5. The van der Waals surface area contributed by atoms with Gasteiger partial charge in [0, 0.05) is 23.7 Å². The molecule has 1 fully saturated rings. The number of amides is 2. The van der Waals surface area contributed by atoms with Gasteiger partial charge in [0.2, 0.25) is 0 Å². The summed E-state index contributed by atoms with van der Waals surface area (Å²) in [7, 11) is 1.53. The largest absolute Gasteiger partial charge is 0.495 e. The van der Waals surface area contributed by atoms with Gasteiger partial charge in [-0.2, -0.15) is 0 Å². The molecule has 2 aliphatic rings. The van der Waals surface area contributed by atoms with Crippen molar-refractivity contribution < 1.29 is 14.3 Å². The van der Waals surface area contributed by atoms with Crippen molar-refractivity contribution in [3.05, 3.63) is 57.6 Å². The number of fused-ring (bicyclic) bond motifs is 1. The molecular formula is C23H25ClN2O3. The van der Waals surface area contributed by atoms with Crippen LogP contribution in [0.15, 0.2) is 30.3 Å². The fourth-order valence-corrected chi connectivity index (χ4v) is 4.53. The van der Waals surface area contributed by atoms with Crippen LogP contribution in [0.25, 0.3) is 0 Å². The summed E-state index contributed by atoms with van der Waals surface area (Å²) in [5, 5.41) is 3.47. The van der Waals surface area contributed by atoms with Gasteiger partial charge in [0.15, 0.2) is 0 Å². The van der Waals surface area contributed by atoms with E-state index in [2.05, 4.69) is 5.32 Å². The normalized spacial score (nSPS) is 16.7. The van der Waals surface area contributed by atoms with Crippen LogP contribution in [0.3, 0.4) is 0 Å². The first-order valence-electron chi connectivity index (χ1n) is 10.1. The molecule has 1 heterocycles. The van der Waals surface area contributed by atoms with Crippen LogP contribution in [0, 0.1) is 6.92 Å². The zero-order valence-electron chi connectivity index (χ0n) is 16.8. The van der Waals surface area contributed by atoms with E-state index in [0.29, 0.717) is 34.1 Å². The van der Waals surface area contributed by atoms with Crippen molar-refractivity contribution in [3.8, 4) is 5.75 Å². The highest BCUT2D eigenvalue weighted by Gasteiger charge is 2.36. The molecule has 4 rings (SSSR count). The van der Waals surface area contributed by atoms with Crippen molar-refractivity contribution in [2.75, 3.05) is 12.4 Å². The van der Waals surface area contributed by atoms with Crippen molar-refractivity contribution in [3.63, 3.8) is 0 Å². The van der Waals surface area contributed by atoms with Crippen LogP contribution < -0.4 is 10.1 Å². The van der Waals surface area contributed by atoms with E-state index in [0.717, 1.165) is 36.8 Å². The van der Waals surface area contributed by atoms with E-state index < -0.39 is 0 Å². The van der Waals surface area contributed by atoms with Crippen LogP contribution in [0.1, 0.15) is 63.9 Å². The molecule has 2 aromatic rings. The average molecular weight is 413 g/mol. The number of halogens is 1. The van der Waals surface area contributed by atoms with E-state index in [4.69, 9.17) is 16.3 Å². The Labute approximate surface area is 176 Å². The quantitative estimate of drug-likeness (QED) is 0.751. The number of rotatable bonds is 4. The number of nitrogens with zero attached hydrogens (tertiary/aromatic N) is 1. The Morgan fingerprint density at radius 3 is 2.69 bits per heavy atom. The molecular weight excluding hydrogens is 388 g/mol. The Bertz CT molecular complexity index is 967. The molecule has 2 amide bonds. The average Bonchev–Trinajstić information content (AvgIpc) is 3.08. The Morgan fingerprint density at radius 2 is 1.97 bits per heavy atom. The fourth-order valence-electron chi connectivity index (χ4n) is 4.38. The van der Waals surface area contributed by atoms with Gasteiger partial charge < -0.3 is 15.0 Å². The number of nitrogens with one attached hydrogen (secondary N) is 1. The maximum Gasteiger partial charge on any atom is 0.256 e. The number of carbonyl (C=O) groups excluding carboxylic acids is 2. The third kappa shape index (κ3) is 3.71. The predicted octanol–water partition coefficient (Wildman–Crippen LogP) is 5.20. The van der Waals surface area contributed by atoms with Gasteiger partial charge in [-0.1, -0.05) is 43.0 Å². The molecule has 0 saturated heterocycles. The van der Waals surface area contributed by atoms with Gasteiger partial charge in [-0.15, -0.1) is 0 Å². The molecule has 1 saturated carbocycles. The molecule has 0 atom stereocenters. The summed E-state index contributed by atoms with van der Waals surface area (Å²) in [6.45, 7) is 2.45. The van der Waals surface area contributed by atoms with Crippen LogP contribution >= 0.6 is 11.6 Å². The first-order valence-corrected chi connectivity index (χ1v) is 10.5. The van der Waals surface area contributed by atoms with Gasteiger partial charge in [0.1, 0.15) is 5.75 Å². The molecule has 1 N–H and O–H groups in total. The van der Waals surface area contributed by atoms with Crippen molar-refractivity contribution in [2.24, 2.45) is 0 Å². The van der Waals surface area contributed by atoms with Gasteiger partial charge in [-0.25, -0.2) is 0 Å². The third-order valence-corrected chi connectivity index (χ3v) is 6.36. The van der Waals surface area contributed by atoms with Crippen LogP contribution in [0.5, 0.6) is 5.75 Å². The molecule has 29 heavy (non-hydrogen) atoms. The van der Waals surface area contributed by atoms with Gasteiger partial charge in [-0.3, -0.25) is 9.59 Å². The lowest BCUT2D eigenvalue weighted by molar-refractivity contribution is 0.0657. The van der Waals surface area contributed by atoms with Crippen molar-refractivity contribution in [1.29, 1.82) is 0 Å². The van der Waals surface area contributed by atoms with E-state index >= 15 is 0 Å². The van der Waals surface area contributed by atoms with Crippen LogP contribution in [-0.4, -0.2) is 29.9 Å². The molecule has 1 aliphatic heterocycles. The summed E-state index contributed by atoms with van der Waals surface area (Å²) < 4.78 is 5.35. The standard InChI is InChI=1S/C23H25ClN2O3/c1-14-11-19(20(29-2)12-18(14)24)25-22(27)17-10-6-7-15-13-26(23(28)21(15)17)16-8-4-3-5-9-16/h6-7,10-12,16H,3-5,8-9,13H2,1-2H3,(H,25,27). The van der Waals surface area contributed by atoms with Gasteiger partial charge >= 0.3 is 0 Å². The summed E-state index contributed by atoms with van der Waals surface area (Å²) in [5.41, 5.74) is 3.22. The number of aryl methyl sites for hydroxylation is 1. The molecule has 0 radical (unpaired) electrons. The van der Waals surface area contributed by atoms with E-state index in [1.807, 2.05) is 24.0 Å². The maximum absolute atomic E-state index is 13.2. The number of methoxy groups -OCH3 is 1. The first-order chi connectivity index (χ1) is 14.0. The molecule has 0 aromatic heterocycles.